The first-order chi connectivity index (χ1) is 54.0. The van der Waals surface area contributed by atoms with Gasteiger partial charge in [-0.3, -0.25) is 0 Å². The molecule has 5 nitrogen and oxygen atoms in total. The predicted octanol–water partition coefficient (Wildman–Crippen LogP) is 23.7. The van der Waals surface area contributed by atoms with Gasteiger partial charge in [-0.1, -0.05) is 291 Å². The number of para-hydroxylation sites is 4. The monoisotopic (exact) mass is 1400 g/mol. The van der Waals surface area contributed by atoms with Crippen LogP contribution in [0.1, 0.15) is 5.56 Å². The van der Waals surface area contributed by atoms with Crippen molar-refractivity contribution in [3.05, 3.63) is 424 Å². The third-order valence-corrected chi connectivity index (χ3v) is 27.0. The van der Waals surface area contributed by atoms with E-state index < -0.39 is 8.07 Å². The second kappa shape index (κ2) is 27.0. The highest BCUT2D eigenvalue weighted by Gasteiger charge is 2.42. The SMILES string of the molecule is N#Cc1ccc2c3cc(-c4ccc5c(c4)c4ccccc4n5-c4ccccc4)ccc3n(-c3cccc(-c4ccccc4)c3)c2c1.c1ccc(-c2cccc(-n3c4ccc(-c5ccc6c(c5)c5ccccc5n6-c5ccccc5)cc4c4ccc([Si](c5ccccc5)(c5ccccc5)c5ccccc5)cc43)c2)cc1. The number of nitriles is 1. The van der Waals surface area contributed by atoms with E-state index in [1.165, 1.54) is 125 Å². The molecular formula is C103H69N5Si. The van der Waals surface area contributed by atoms with Crippen molar-refractivity contribution in [1.29, 1.82) is 5.26 Å². The number of aromatic nitrogens is 4. The highest BCUT2D eigenvalue weighted by atomic mass is 28.3. The Morgan fingerprint density at radius 3 is 0.844 bits per heavy atom. The molecule has 0 saturated carbocycles. The molecule has 0 fully saturated rings. The van der Waals surface area contributed by atoms with Crippen molar-refractivity contribution in [3.63, 3.8) is 0 Å². The van der Waals surface area contributed by atoms with Gasteiger partial charge in [-0.15, -0.1) is 0 Å². The Morgan fingerprint density at radius 1 is 0.174 bits per heavy atom. The highest BCUT2D eigenvalue weighted by molar-refractivity contribution is 7.20. The van der Waals surface area contributed by atoms with E-state index in [1.54, 1.807) is 0 Å². The number of hydrogen-bond donors (Lipinski definition) is 0. The molecule has 0 bridgehead atoms. The lowest BCUT2D eigenvalue weighted by Gasteiger charge is -2.34. The van der Waals surface area contributed by atoms with Crippen molar-refractivity contribution in [2.24, 2.45) is 0 Å². The van der Waals surface area contributed by atoms with E-state index in [0.29, 0.717) is 5.56 Å². The summed E-state index contributed by atoms with van der Waals surface area (Å²) >= 11 is 0. The van der Waals surface area contributed by atoms with Crippen LogP contribution in [0.2, 0.25) is 0 Å². The summed E-state index contributed by atoms with van der Waals surface area (Å²) in [6, 6.07) is 155. The average Bonchev–Trinajstić information content (AvgIpc) is 1.67. The average molecular weight is 1400 g/mol. The molecular weight excluding hydrogens is 1340 g/mol. The minimum atomic E-state index is -2.80. The van der Waals surface area contributed by atoms with Gasteiger partial charge in [0.1, 0.15) is 0 Å². The molecule has 17 aromatic carbocycles. The standard InChI is InChI=1S/C60H42N2Si.C43H27N3/c1-6-19-43(20-7-1)44-21-18-24-48(39-44)62-59-38-34-46(45-33-37-58-55(40-45)53-31-16-17-32-57(53)61(58)47-22-8-2-9-23-47)41-56(59)54-36-35-52(42-60(54)62)63(49-25-10-3-11-26-49,50-27-12-4-13-28-50)51-29-14-5-15-30-51;44-28-29-18-21-37-39-27-33(20-23-42(39)46(43(37)24-29)35-15-9-12-31(25-35)30-10-3-1-4-11-30)32-19-22-41-38(26-32)36-16-7-8-17-40(36)45(41)34-13-5-2-6-14-34/h1-42H;1-27H. The second-order valence-electron chi connectivity index (χ2n) is 28.2. The largest absolute Gasteiger partial charge is 0.309 e. The van der Waals surface area contributed by atoms with Crippen LogP contribution in [-0.4, -0.2) is 26.3 Å². The number of benzene rings is 17. The van der Waals surface area contributed by atoms with Crippen molar-refractivity contribution < 1.29 is 0 Å². The lowest BCUT2D eigenvalue weighted by Crippen LogP contribution is -2.74. The summed E-state index contributed by atoms with van der Waals surface area (Å²) in [5.41, 5.74) is 24.0. The molecule has 510 valence electrons. The van der Waals surface area contributed by atoms with Crippen LogP contribution in [0.5, 0.6) is 0 Å². The van der Waals surface area contributed by atoms with Crippen molar-refractivity contribution in [2.75, 3.05) is 0 Å². The summed E-state index contributed by atoms with van der Waals surface area (Å²) in [4.78, 5) is 0. The van der Waals surface area contributed by atoms with Crippen LogP contribution < -0.4 is 20.7 Å². The number of fused-ring (bicyclic) bond motifs is 12. The fraction of sp³-hybridized carbons (Fsp3) is 0. The number of rotatable bonds is 12. The predicted molar refractivity (Wildman–Crippen MR) is 460 cm³/mol. The van der Waals surface area contributed by atoms with Gasteiger partial charge >= 0.3 is 0 Å². The molecule has 0 saturated heterocycles. The fourth-order valence-electron chi connectivity index (χ4n) is 17.3. The highest BCUT2D eigenvalue weighted by Crippen LogP contribution is 2.42. The third kappa shape index (κ3) is 11.0. The first-order valence-corrected chi connectivity index (χ1v) is 39.3. The zero-order valence-corrected chi connectivity index (χ0v) is 60.6. The lowest BCUT2D eigenvalue weighted by atomic mass is 10.0. The fourth-order valence-corrected chi connectivity index (χ4v) is 22.0. The molecule has 4 heterocycles. The Hall–Kier alpha value is -14.4. The van der Waals surface area contributed by atoms with E-state index in [-0.39, 0.29) is 0 Å². The number of hydrogen-bond acceptors (Lipinski definition) is 1. The molecule has 0 aliphatic heterocycles. The summed E-state index contributed by atoms with van der Waals surface area (Å²) in [6.45, 7) is 0. The summed E-state index contributed by atoms with van der Waals surface area (Å²) in [5, 5.41) is 25.0. The summed E-state index contributed by atoms with van der Waals surface area (Å²) in [6.07, 6.45) is 0. The first kappa shape index (κ1) is 64.3. The van der Waals surface area contributed by atoms with E-state index in [2.05, 4.69) is 425 Å². The molecule has 0 aliphatic carbocycles. The van der Waals surface area contributed by atoms with E-state index in [1.807, 2.05) is 18.2 Å². The Morgan fingerprint density at radius 2 is 0.459 bits per heavy atom. The molecule has 21 rings (SSSR count). The van der Waals surface area contributed by atoms with Gasteiger partial charge in [0.2, 0.25) is 0 Å². The van der Waals surface area contributed by atoms with Crippen LogP contribution in [0.25, 0.3) is 154 Å². The molecule has 0 aliphatic rings. The lowest BCUT2D eigenvalue weighted by molar-refractivity contribution is 1.18. The molecule has 21 aromatic rings. The van der Waals surface area contributed by atoms with Gasteiger partial charge in [-0.25, -0.2) is 0 Å². The van der Waals surface area contributed by atoms with Gasteiger partial charge in [0.05, 0.1) is 55.8 Å². The maximum atomic E-state index is 9.79. The van der Waals surface area contributed by atoms with E-state index in [9.17, 15) is 5.26 Å². The smallest absolute Gasteiger partial charge is 0.179 e. The maximum Gasteiger partial charge on any atom is 0.179 e. The molecule has 0 atom stereocenters. The molecule has 0 radical (unpaired) electrons. The van der Waals surface area contributed by atoms with Crippen LogP contribution in [0.15, 0.2) is 419 Å². The zero-order valence-electron chi connectivity index (χ0n) is 59.6. The Labute approximate surface area is 632 Å². The van der Waals surface area contributed by atoms with E-state index in [4.69, 9.17) is 0 Å². The Bertz CT molecular complexity index is 6980. The molecule has 0 N–H and O–H groups in total. The maximum absolute atomic E-state index is 9.79. The molecule has 0 amide bonds. The Kier molecular flexibility index (Phi) is 15.9. The molecule has 0 unspecified atom stereocenters. The van der Waals surface area contributed by atoms with Crippen LogP contribution in [-0.2, 0) is 0 Å². The quantitative estimate of drug-likeness (QED) is 0.0888. The van der Waals surface area contributed by atoms with Crippen LogP contribution in [0, 0.1) is 11.3 Å². The van der Waals surface area contributed by atoms with E-state index >= 15 is 0 Å². The van der Waals surface area contributed by atoms with Crippen molar-refractivity contribution in [1.82, 2.24) is 18.3 Å². The van der Waals surface area contributed by atoms with Crippen molar-refractivity contribution >= 4 is 116 Å². The molecule has 6 heteroatoms. The molecule has 0 spiro atoms. The van der Waals surface area contributed by atoms with Gasteiger partial charge in [0, 0.05) is 65.8 Å². The van der Waals surface area contributed by atoms with Crippen LogP contribution in [0.3, 0.4) is 0 Å². The van der Waals surface area contributed by atoms with Gasteiger partial charge in [0.25, 0.3) is 0 Å². The van der Waals surface area contributed by atoms with Crippen molar-refractivity contribution in [2.45, 2.75) is 0 Å². The summed E-state index contributed by atoms with van der Waals surface area (Å²) < 4.78 is 9.53. The third-order valence-electron chi connectivity index (χ3n) is 22.2. The van der Waals surface area contributed by atoms with Gasteiger partial charge in [-0.05, 0) is 193 Å². The summed E-state index contributed by atoms with van der Waals surface area (Å²) in [7, 11) is -2.80. The second-order valence-corrected chi connectivity index (χ2v) is 32.0. The number of nitrogens with zero attached hydrogens (tertiary/aromatic N) is 5. The van der Waals surface area contributed by atoms with E-state index in [0.717, 1.165) is 50.0 Å². The van der Waals surface area contributed by atoms with Gasteiger partial charge < -0.3 is 18.3 Å². The zero-order chi connectivity index (χ0) is 72.4. The Balaban J connectivity index is 0.000000150. The normalized spacial score (nSPS) is 11.7. The van der Waals surface area contributed by atoms with Gasteiger partial charge in [-0.2, -0.15) is 5.26 Å². The van der Waals surface area contributed by atoms with Crippen LogP contribution >= 0.6 is 0 Å². The minimum absolute atomic E-state index is 0.649. The van der Waals surface area contributed by atoms with Crippen molar-refractivity contribution in [3.8, 4) is 73.3 Å². The van der Waals surface area contributed by atoms with Gasteiger partial charge in [0.15, 0.2) is 8.07 Å². The van der Waals surface area contributed by atoms with Crippen LogP contribution in [0.4, 0.5) is 0 Å². The topological polar surface area (TPSA) is 43.5 Å². The minimum Gasteiger partial charge on any atom is -0.309 e. The first-order valence-electron chi connectivity index (χ1n) is 37.3. The summed E-state index contributed by atoms with van der Waals surface area (Å²) in [5.74, 6) is 0. The molecule has 4 aromatic heterocycles. The molecule has 109 heavy (non-hydrogen) atoms.